The SMILES string of the molecule is C=CCCCCOC(=O)[C@H]1[C@H]2C(=O)N([C@H](CO)c3ccccc3)C(C(=O)N(CC=C)C(C)(C)C)C23CC[C@]1(CC)O3. The summed E-state index contributed by atoms with van der Waals surface area (Å²) >= 11 is 0. The number of allylic oxidation sites excluding steroid dienone is 1. The van der Waals surface area contributed by atoms with Gasteiger partial charge in [0.2, 0.25) is 11.8 Å². The van der Waals surface area contributed by atoms with E-state index >= 15 is 0 Å². The average molecular weight is 567 g/mol. The van der Waals surface area contributed by atoms with Crippen LogP contribution in [-0.4, -0.2) is 75.2 Å². The molecule has 4 rings (SSSR count). The Morgan fingerprint density at radius 2 is 1.90 bits per heavy atom. The number of likely N-dealkylation sites (tertiary alicyclic amines) is 1. The first-order chi connectivity index (χ1) is 19.5. The summed E-state index contributed by atoms with van der Waals surface area (Å²) in [7, 11) is 0. The van der Waals surface area contributed by atoms with Crippen LogP contribution in [0.1, 0.15) is 77.8 Å². The zero-order valence-electron chi connectivity index (χ0n) is 25.0. The lowest BCUT2D eigenvalue weighted by Crippen LogP contribution is -2.60. The van der Waals surface area contributed by atoms with E-state index in [-0.39, 0.29) is 31.6 Å². The fourth-order valence-corrected chi connectivity index (χ4v) is 7.28. The van der Waals surface area contributed by atoms with Crippen LogP contribution in [0.3, 0.4) is 0 Å². The van der Waals surface area contributed by atoms with Crippen molar-refractivity contribution in [2.75, 3.05) is 19.8 Å². The summed E-state index contributed by atoms with van der Waals surface area (Å²) in [5, 5.41) is 10.7. The number of carbonyl (C=O) groups excluding carboxylic acids is 3. The van der Waals surface area contributed by atoms with Crippen LogP contribution in [-0.2, 0) is 23.9 Å². The molecule has 41 heavy (non-hydrogen) atoms. The van der Waals surface area contributed by atoms with E-state index in [9.17, 15) is 19.5 Å². The van der Waals surface area contributed by atoms with Gasteiger partial charge in [0.25, 0.3) is 0 Å². The Labute approximate surface area is 244 Å². The van der Waals surface area contributed by atoms with Gasteiger partial charge in [-0.25, -0.2) is 0 Å². The van der Waals surface area contributed by atoms with Crippen molar-refractivity contribution < 1.29 is 29.0 Å². The molecule has 0 radical (unpaired) electrons. The smallest absolute Gasteiger partial charge is 0.312 e. The van der Waals surface area contributed by atoms with Gasteiger partial charge in [-0.3, -0.25) is 14.4 Å². The molecular weight excluding hydrogens is 520 g/mol. The number of hydrogen-bond acceptors (Lipinski definition) is 6. The first kappa shape index (κ1) is 31.0. The van der Waals surface area contributed by atoms with E-state index in [2.05, 4.69) is 13.2 Å². The van der Waals surface area contributed by atoms with Crippen molar-refractivity contribution >= 4 is 17.8 Å². The molecule has 6 atom stereocenters. The van der Waals surface area contributed by atoms with E-state index in [4.69, 9.17) is 9.47 Å². The van der Waals surface area contributed by atoms with E-state index in [1.54, 1.807) is 11.0 Å². The molecule has 1 spiro atoms. The van der Waals surface area contributed by atoms with Crippen molar-refractivity contribution in [2.45, 2.75) is 95.0 Å². The summed E-state index contributed by atoms with van der Waals surface area (Å²) in [6.45, 7) is 15.5. The van der Waals surface area contributed by atoms with Gasteiger partial charge in [-0.05, 0) is 64.9 Å². The Morgan fingerprint density at radius 3 is 2.49 bits per heavy atom. The van der Waals surface area contributed by atoms with Crippen molar-refractivity contribution in [3.63, 3.8) is 0 Å². The Hall–Kier alpha value is -2.97. The molecule has 8 heteroatoms. The number of hydrogen-bond donors (Lipinski definition) is 1. The number of fused-ring (bicyclic) bond motifs is 1. The number of rotatable bonds is 13. The second-order valence-electron chi connectivity index (χ2n) is 12.5. The van der Waals surface area contributed by atoms with Gasteiger partial charge in [-0.1, -0.05) is 49.4 Å². The Bertz CT molecular complexity index is 1150. The number of esters is 1. The Morgan fingerprint density at radius 1 is 1.20 bits per heavy atom. The highest BCUT2D eigenvalue weighted by Gasteiger charge is 2.79. The number of unbranched alkanes of at least 4 members (excludes halogenated alkanes) is 2. The summed E-state index contributed by atoms with van der Waals surface area (Å²) in [4.78, 5) is 46.2. The fraction of sp³-hybridized carbons (Fsp3) is 0.606. The maximum Gasteiger partial charge on any atom is 0.312 e. The molecule has 0 saturated carbocycles. The maximum atomic E-state index is 14.7. The molecule has 3 aliphatic rings. The third-order valence-corrected chi connectivity index (χ3v) is 9.23. The summed E-state index contributed by atoms with van der Waals surface area (Å²) < 4.78 is 12.6. The van der Waals surface area contributed by atoms with Gasteiger partial charge in [0.15, 0.2) is 0 Å². The number of benzene rings is 1. The van der Waals surface area contributed by atoms with Crippen LogP contribution in [0.5, 0.6) is 0 Å². The molecule has 0 aliphatic carbocycles. The van der Waals surface area contributed by atoms with Gasteiger partial charge in [-0.15, -0.1) is 13.2 Å². The van der Waals surface area contributed by atoms with Crippen molar-refractivity contribution in [1.29, 1.82) is 0 Å². The van der Waals surface area contributed by atoms with E-state index in [0.717, 1.165) is 12.8 Å². The lowest BCUT2D eigenvalue weighted by Gasteiger charge is -2.43. The summed E-state index contributed by atoms with van der Waals surface area (Å²) in [5.74, 6) is -2.77. The number of carbonyl (C=O) groups is 3. The van der Waals surface area contributed by atoms with E-state index in [1.165, 1.54) is 4.90 Å². The van der Waals surface area contributed by atoms with Crippen LogP contribution in [0.2, 0.25) is 0 Å². The second-order valence-corrected chi connectivity index (χ2v) is 12.5. The molecule has 1 N–H and O–H groups in total. The monoisotopic (exact) mass is 566 g/mol. The largest absolute Gasteiger partial charge is 0.465 e. The highest BCUT2D eigenvalue weighted by molar-refractivity contribution is 5.99. The van der Waals surface area contributed by atoms with E-state index < -0.39 is 46.6 Å². The summed E-state index contributed by atoms with van der Waals surface area (Å²) in [6, 6.07) is 7.43. The average Bonchev–Trinajstić information content (AvgIpc) is 3.55. The minimum absolute atomic E-state index is 0.253. The first-order valence-electron chi connectivity index (χ1n) is 14.9. The van der Waals surface area contributed by atoms with Crippen molar-refractivity contribution in [3.8, 4) is 0 Å². The van der Waals surface area contributed by atoms with E-state index in [0.29, 0.717) is 31.2 Å². The molecule has 8 nitrogen and oxygen atoms in total. The molecule has 3 aliphatic heterocycles. The predicted molar refractivity (Wildman–Crippen MR) is 157 cm³/mol. The zero-order valence-corrected chi connectivity index (χ0v) is 25.0. The molecule has 2 bridgehead atoms. The highest BCUT2D eigenvalue weighted by atomic mass is 16.6. The molecule has 2 amide bonds. The van der Waals surface area contributed by atoms with Crippen LogP contribution in [0.25, 0.3) is 0 Å². The third-order valence-electron chi connectivity index (χ3n) is 9.23. The van der Waals surface area contributed by atoms with Gasteiger partial charge >= 0.3 is 5.97 Å². The molecule has 3 fully saturated rings. The minimum Gasteiger partial charge on any atom is -0.465 e. The first-order valence-corrected chi connectivity index (χ1v) is 14.9. The van der Waals surface area contributed by atoms with Crippen molar-refractivity contribution in [3.05, 3.63) is 61.2 Å². The van der Waals surface area contributed by atoms with Crippen molar-refractivity contribution in [1.82, 2.24) is 9.80 Å². The van der Waals surface area contributed by atoms with Gasteiger partial charge in [0.05, 0.1) is 30.8 Å². The maximum absolute atomic E-state index is 14.7. The number of nitrogens with zero attached hydrogens (tertiary/aromatic N) is 2. The number of aliphatic hydroxyl groups is 1. The molecule has 1 aromatic rings. The number of aliphatic hydroxyl groups excluding tert-OH is 1. The van der Waals surface area contributed by atoms with Gasteiger partial charge in [-0.2, -0.15) is 0 Å². The van der Waals surface area contributed by atoms with Crippen molar-refractivity contribution in [2.24, 2.45) is 11.8 Å². The molecule has 3 heterocycles. The molecular formula is C33H46N2O6. The van der Waals surface area contributed by atoms with Crippen LogP contribution in [0.15, 0.2) is 55.6 Å². The standard InChI is InChI=1S/C33H46N2O6/c1-7-10-11-15-21-40-30(39)26-25-28(37)35(24(22-36)23-16-13-12-14-17-23)27(29(38)34(20-8-2)31(4,5)6)33(25)19-18-32(26,9-3)41-33/h7-8,12-14,16-17,24-27,36H,1-2,9-11,15,18-22H2,3-6H3/t24-,25+,26-,27?,32+,33?/m1/s1. The van der Waals surface area contributed by atoms with Gasteiger partial charge < -0.3 is 24.4 Å². The van der Waals surface area contributed by atoms with E-state index in [1.807, 2.05) is 64.1 Å². The van der Waals surface area contributed by atoms with Crippen LogP contribution in [0, 0.1) is 11.8 Å². The number of ether oxygens (including phenoxy) is 2. The number of amides is 2. The lowest BCUT2D eigenvalue weighted by molar-refractivity contribution is -0.164. The molecule has 3 saturated heterocycles. The topological polar surface area (TPSA) is 96.4 Å². The van der Waals surface area contributed by atoms with Crippen LogP contribution in [0.4, 0.5) is 0 Å². The molecule has 224 valence electrons. The summed E-state index contributed by atoms with van der Waals surface area (Å²) in [5.41, 5.74) is -1.94. The highest BCUT2D eigenvalue weighted by Crippen LogP contribution is 2.65. The molecule has 0 aromatic heterocycles. The normalized spacial score (nSPS) is 29.2. The quantitative estimate of drug-likeness (QED) is 0.213. The third kappa shape index (κ3) is 5.25. The second kappa shape index (κ2) is 12.1. The fourth-order valence-electron chi connectivity index (χ4n) is 7.28. The van der Waals surface area contributed by atoms with Crippen LogP contribution >= 0.6 is 0 Å². The van der Waals surface area contributed by atoms with Gasteiger partial charge in [0, 0.05) is 12.1 Å². The Kier molecular flexibility index (Phi) is 9.14. The minimum atomic E-state index is -1.20. The predicted octanol–water partition coefficient (Wildman–Crippen LogP) is 4.59. The molecule has 1 aromatic carbocycles. The van der Waals surface area contributed by atoms with Crippen LogP contribution < -0.4 is 0 Å². The van der Waals surface area contributed by atoms with Gasteiger partial charge in [0.1, 0.15) is 17.6 Å². The molecule has 2 unspecified atom stereocenters. The Balaban J connectivity index is 1.81. The lowest BCUT2D eigenvalue weighted by atomic mass is 9.65. The zero-order chi connectivity index (χ0) is 30.0. The summed E-state index contributed by atoms with van der Waals surface area (Å²) in [6.07, 6.45) is 7.43.